The molecule has 0 spiro atoms. The third-order valence-electron chi connectivity index (χ3n) is 5.90. The number of carbonyl (C=O) groups excluding carboxylic acids is 2. The van der Waals surface area contributed by atoms with Crippen LogP contribution in [0.2, 0.25) is 0 Å². The smallest absolute Gasteiger partial charge is 0.265 e. The predicted molar refractivity (Wildman–Crippen MR) is 121 cm³/mol. The third kappa shape index (κ3) is 4.96. The zero-order valence-corrected chi connectivity index (χ0v) is 19.4. The van der Waals surface area contributed by atoms with Crippen LogP contribution in [0.4, 0.5) is 5.69 Å². The molecule has 0 aromatic heterocycles. The van der Waals surface area contributed by atoms with Crippen LogP contribution in [0.3, 0.4) is 0 Å². The monoisotopic (exact) mass is 473 g/mol. The largest absolute Gasteiger partial charge is 0.497 e. The van der Waals surface area contributed by atoms with Crippen molar-refractivity contribution in [2.45, 2.75) is 37.3 Å². The van der Waals surface area contributed by atoms with Gasteiger partial charge in [0, 0.05) is 19.6 Å². The van der Waals surface area contributed by atoms with Gasteiger partial charge in [0.2, 0.25) is 15.9 Å². The second-order valence-corrected chi connectivity index (χ2v) is 10.1. The number of nitrogens with zero attached hydrogens (tertiary/aromatic N) is 1. The fourth-order valence-corrected chi connectivity index (χ4v) is 5.50. The van der Waals surface area contributed by atoms with Gasteiger partial charge >= 0.3 is 0 Å². The molecule has 2 aliphatic heterocycles. The molecule has 9 nitrogen and oxygen atoms in total. The molecule has 0 unspecified atom stereocenters. The van der Waals surface area contributed by atoms with Crippen LogP contribution in [0.15, 0.2) is 47.4 Å². The molecule has 0 saturated carbocycles. The number of rotatable bonds is 6. The number of benzene rings is 2. The molecule has 10 heteroatoms. The number of amides is 2. The van der Waals surface area contributed by atoms with Crippen molar-refractivity contribution in [3.05, 3.63) is 48.0 Å². The van der Waals surface area contributed by atoms with Crippen LogP contribution in [-0.2, 0) is 26.2 Å². The van der Waals surface area contributed by atoms with E-state index in [0.29, 0.717) is 37.4 Å². The molecule has 0 aliphatic carbocycles. The lowest BCUT2D eigenvalue weighted by Crippen LogP contribution is -2.45. The highest BCUT2D eigenvalue weighted by Gasteiger charge is 2.34. The van der Waals surface area contributed by atoms with Crippen molar-refractivity contribution < 1.29 is 27.5 Å². The van der Waals surface area contributed by atoms with Crippen molar-refractivity contribution in [1.29, 1.82) is 0 Å². The Morgan fingerprint density at radius 3 is 2.73 bits per heavy atom. The van der Waals surface area contributed by atoms with Gasteiger partial charge in [0.05, 0.1) is 23.6 Å². The Morgan fingerprint density at radius 1 is 1.24 bits per heavy atom. The molecule has 1 saturated heterocycles. The summed E-state index contributed by atoms with van der Waals surface area (Å²) in [6, 6.07) is 11.8. The highest BCUT2D eigenvalue weighted by Crippen LogP contribution is 2.33. The van der Waals surface area contributed by atoms with E-state index in [9.17, 15) is 18.0 Å². The number of hydrogen-bond acceptors (Lipinski definition) is 6. The molecule has 2 N–H and O–H groups in total. The van der Waals surface area contributed by atoms with Gasteiger partial charge in [-0.2, -0.15) is 4.31 Å². The van der Waals surface area contributed by atoms with Crippen LogP contribution in [0, 0.1) is 5.92 Å². The Bertz CT molecular complexity index is 1150. The number of fused-ring (bicyclic) bond motifs is 1. The highest BCUT2D eigenvalue weighted by atomic mass is 32.2. The maximum atomic E-state index is 13.3. The fraction of sp³-hybridized carbons (Fsp3) is 0.391. The zero-order valence-electron chi connectivity index (χ0n) is 18.5. The maximum absolute atomic E-state index is 13.3. The van der Waals surface area contributed by atoms with E-state index >= 15 is 0 Å². The van der Waals surface area contributed by atoms with Crippen LogP contribution in [0.25, 0.3) is 0 Å². The number of sulfonamides is 1. The Morgan fingerprint density at radius 2 is 2.00 bits per heavy atom. The van der Waals surface area contributed by atoms with Crippen molar-refractivity contribution in [1.82, 2.24) is 9.62 Å². The van der Waals surface area contributed by atoms with Crippen LogP contribution < -0.4 is 20.1 Å². The number of nitrogens with one attached hydrogen (secondary N) is 2. The van der Waals surface area contributed by atoms with Crippen molar-refractivity contribution in [2.24, 2.45) is 5.92 Å². The van der Waals surface area contributed by atoms with E-state index in [0.717, 1.165) is 11.3 Å². The van der Waals surface area contributed by atoms with Crippen molar-refractivity contribution in [3.8, 4) is 11.5 Å². The number of piperidine rings is 1. The summed E-state index contributed by atoms with van der Waals surface area (Å²) in [6.45, 7) is 2.42. The minimum absolute atomic E-state index is 0.0546. The SMILES string of the molecule is COc1ccc(CNC(=O)[C@H]2CCCN(S(=O)(=O)c3ccc4c(c3)NC(=O)[C@@H](C)O4)C2)cc1. The average molecular weight is 474 g/mol. The first-order valence-corrected chi connectivity index (χ1v) is 12.2. The number of hydrogen-bond donors (Lipinski definition) is 2. The molecular weight excluding hydrogens is 446 g/mol. The highest BCUT2D eigenvalue weighted by molar-refractivity contribution is 7.89. The summed E-state index contributed by atoms with van der Waals surface area (Å²) in [5.41, 5.74) is 1.25. The van der Waals surface area contributed by atoms with Gasteiger partial charge in [0.1, 0.15) is 11.5 Å². The first kappa shape index (κ1) is 23.1. The molecular formula is C23H27N3O6S. The van der Waals surface area contributed by atoms with Crippen molar-refractivity contribution >= 4 is 27.5 Å². The molecule has 2 amide bonds. The van der Waals surface area contributed by atoms with Crippen LogP contribution in [-0.4, -0.2) is 50.8 Å². The second-order valence-electron chi connectivity index (χ2n) is 8.18. The lowest BCUT2D eigenvalue weighted by Gasteiger charge is -2.31. The molecule has 2 aromatic carbocycles. The first-order chi connectivity index (χ1) is 15.8. The van der Waals surface area contributed by atoms with Gasteiger partial charge < -0.3 is 20.1 Å². The number of anilines is 1. The first-order valence-electron chi connectivity index (χ1n) is 10.8. The molecule has 2 heterocycles. The van der Waals surface area contributed by atoms with Crippen molar-refractivity contribution in [3.63, 3.8) is 0 Å². The molecule has 4 rings (SSSR count). The van der Waals surface area contributed by atoms with Crippen molar-refractivity contribution in [2.75, 3.05) is 25.5 Å². The molecule has 2 aliphatic rings. The molecule has 0 radical (unpaired) electrons. The Labute approximate surface area is 193 Å². The molecule has 0 bridgehead atoms. The zero-order chi connectivity index (χ0) is 23.6. The van der Waals surface area contributed by atoms with Gasteiger partial charge in [-0.1, -0.05) is 12.1 Å². The van der Waals surface area contributed by atoms with Gasteiger partial charge in [-0.3, -0.25) is 9.59 Å². The summed E-state index contributed by atoms with van der Waals surface area (Å²) in [5.74, 6) is 0.221. The van der Waals surface area contributed by atoms with E-state index in [-0.39, 0.29) is 23.3 Å². The summed E-state index contributed by atoms with van der Waals surface area (Å²) in [4.78, 5) is 24.7. The summed E-state index contributed by atoms with van der Waals surface area (Å²) in [6.07, 6.45) is 0.563. The number of methoxy groups -OCH3 is 1. The second kappa shape index (κ2) is 9.40. The van der Waals surface area contributed by atoms with Gasteiger partial charge in [0.15, 0.2) is 6.10 Å². The number of carbonyl (C=O) groups is 2. The molecule has 33 heavy (non-hydrogen) atoms. The minimum atomic E-state index is -3.84. The Balaban J connectivity index is 1.42. The lowest BCUT2D eigenvalue weighted by atomic mass is 9.99. The standard InChI is InChI=1S/C23H27N3O6S/c1-15-22(27)25-20-12-19(9-10-21(20)32-15)33(29,30)26-11-3-4-17(14-26)23(28)24-13-16-5-7-18(31-2)8-6-16/h5-10,12,15,17H,3-4,11,13-14H2,1-2H3,(H,24,28)(H,25,27)/t15-,17+/m1/s1. The van der Waals surface area contributed by atoms with Gasteiger partial charge in [-0.15, -0.1) is 0 Å². The molecule has 176 valence electrons. The fourth-order valence-electron chi connectivity index (χ4n) is 3.95. The summed E-state index contributed by atoms with van der Waals surface area (Å²) >= 11 is 0. The van der Waals surface area contributed by atoms with E-state index in [2.05, 4.69) is 10.6 Å². The lowest BCUT2D eigenvalue weighted by molar-refractivity contribution is -0.126. The topological polar surface area (TPSA) is 114 Å². The minimum Gasteiger partial charge on any atom is -0.497 e. The average Bonchev–Trinajstić information content (AvgIpc) is 2.83. The summed E-state index contributed by atoms with van der Waals surface area (Å²) in [5, 5.41) is 5.58. The van der Waals surface area contributed by atoms with Crippen LogP contribution in [0.5, 0.6) is 11.5 Å². The summed E-state index contributed by atoms with van der Waals surface area (Å²) < 4.78 is 38.5. The van der Waals surface area contributed by atoms with E-state index in [1.807, 2.05) is 24.3 Å². The van der Waals surface area contributed by atoms with Gasteiger partial charge in [-0.05, 0) is 55.7 Å². The van der Waals surface area contributed by atoms with E-state index in [1.165, 1.54) is 16.4 Å². The third-order valence-corrected chi connectivity index (χ3v) is 7.76. The molecule has 2 aromatic rings. The van der Waals surface area contributed by atoms with Gasteiger partial charge in [0.25, 0.3) is 5.91 Å². The molecule has 2 atom stereocenters. The Hall–Kier alpha value is -3.11. The van der Waals surface area contributed by atoms with Gasteiger partial charge in [-0.25, -0.2) is 8.42 Å². The Kier molecular flexibility index (Phi) is 6.57. The molecule has 1 fully saturated rings. The predicted octanol–water partition coefficient (Wildman–Crippen LogP) is 2.13. The maximum Gasteiger partial charge on any atom is 0.265 e. The van der Waals surface area contributed by atoms with Crippen LogP contribution >= 0.6 is 0 Å². The number of ether oxygens (including phenoxy) is 2. The summed E-state index contributed by atoms with van der Waals surface area (Å²) in [7, 11) is -2.24. The quantitative estimate of drug-likeness (QED) is 0.665. The van der Waals surface area contributed by atoms with E-state index < -0.39 is 22.0 Å². The van der Waals surface area contributed by atoms with E-state index in [4.69, 9.17) is 9.47 Å². The van der Waals surface area contributed by atoms with E-state index in [1.54, 1.807) is 20.1 Å². The normalized spacial score (nSPS) is 20.8. The van der Waals surface area contributed by atoms with Crippen LogP contribution in [0.1, 0.15) is 25.3 Å².